The fourth-order valence-electron chi connectivity index (χ4n) is 3.75. The molecule has 2 aromatic heterocycles. The second-order valence-electron chi connectivity index (χ2n) is 7.84. The summed E-state index contributed by atoms with van der Waals surface area (Å²) < 4.78 is 6.85. The molecule has 4 aromatic rings. The number of amides is 1. The van der Waals surface area contributed by atoms with E-state index in [1.54, 1.807) is 6.92 Å². The normalized spacial score (nSPS) is 10.9. The van der Waals surface area contributed by atoms with Crippen molar-refractivity contribution < 1.29 is 9.32 Å². The third-order valence-electron chi connectivity index (χ3n) is 5.42. The second-order valence-corrected chi connectivity index (χ2v) is 7.84. The Kier molecular flexibility index (Phi) is 5.73. The third-order valence-corrected chi connectivity index (χ3v) is 5.42. The highest BCUT2D eigenvalue weighted by Gasteiger charge is 2.20. The molecule has 1 N–H and O–H groups in total. The van der Waals surface area contributed by atoms with Crippen molar-refractivity contribution in [3.05, 3.63) is 87.3 Å². The first kappa shape index (κ1) is 21.2. The molecule has 0 aliphatic carbocycles. The van der Waals surface area contributed by atoms with Crippen molar-refractivity contribution in [2.45, 2.75) is 34.2 Å². The van der Waals surface area contributed by atoms with Gasteiger partial charge in [0.15, 0.2) is 0 Å². The predicted octanol–water partition coefficient (Wildman–Crippen LogP) is 4.44. The Balaban J connectivity index is 1.67. The molecule has 4 rings (SSSR count). The van der Waals surface area contributed by atoms with Crippen LogP contribution in [-0.2, 0) is 11.3 Å². The summed E-state index contributed by atoms with van der Waals surface area (Å²) in [5.41, 5.74) is 4.82. The molecule has 0 aliphatic heterocycles. The van der Waals surface area contributed by atoms with Crippen LogP contribution in [0.3, 0.4) is 0 Å². The Morgan fingerprint density at radius 3 is 2.34 bits per heavy atom. The Hall–Kier alpha value is -4.00. The first-order chi connectivity index (χ1) is 15.3. The molecule has 0 saturated carbocycles. The number of pyridine rings is 1. The highest BCUT2D eigenvalue weighted by molar-refractivity contribution is 5.92. The Bertz CT molecular complexity index is 1330. The molecule has 0 saturated heterocycles. The van der Waals surface area contributed by atoms with Gasteiger partial charge in [0.05, 0.1) is 0 Å². The number of carbonyl (C=O) groups excluding carboxylic acids is 1. The van der Waals surface area contributed by atoms with Crippen LogP contribution in [0.1, 0.15) is 22.4 Å². The minimum atomic E-state index is -0.345. The molecular weight excluding hydrogens is 404 g/mol. The summed E-state index contributed by atoms with van der Waals surface area (Å²) in [6.07, 6.45) is 0. The van der Waals surface area contributed by atoms with Crippen LogP contribution in [-0.4, -0.2) is 20.6 Å². The van der Waals surface area contributed by atoms with Crippen LogP contribution in [0.4, 0.5) is 5.69 Å². The maximum absolute atomic E-state index is 13.3. The van der Waals surface area contributed by atoms with Gasteiger partial charge in [-0.3, -0.25) is 9.59 Å². The molecule has 0 bridgehead atoms. The van der Waals surface area contributed by atoms with Crippen molar-refractivity contribution in [1.29, 1.82) is 0 Å². The maximum atomic E-state index is 13.3. The monoisotopic (exact) mass is 428 g/mol. The van der Waals surface area contributed by atoms with Crippen LogP contribution in [0.2, 0.25) is 0 Å². The van der Waals surface area contributed by atoms with Crippen LogP contribution in [0.25, 0.3) is 22.8 Å². The van der Waals surface area contributed by atoms with E-state index >= 15 is 0 Å². The molecule has 0 spiro atoms. The molecule has 0 unspecified atom stereocenters. The van der Waals surface area contributed by atoms with Crippen molar-refractivity contribution in [2.75, 3.05) is 5.32 Å². The van der Waals surface area contributed by atoms with Crippen LogP contribution in [0.15, 0.2) is 63.9 Å². The number of aryl methyl sites for hydroxylation is 4. The van der Waals surface area contributed by atoms with Crippen molar-refractivity contribution >= 4 is 11.6 Å². The smallest absolute Gasteiger partial charge is 0.264 e. The second kappa shape index (κ2) is 8.63. The lowest BCUT2D eigenvalue weighted by Crippen LogP contribution is -2.31. The number of rotatable bonds is 5. The summed E-state index contributed by atoms with van der Waals surface area (Å²) in [7, 11) is 0. The number of hydrogen-bond acceptors (Lipinski definition) is 5. The number of carbonyl (C=O) groups is 1. The average Bonchev–Trinajstić information content (AvgIpc) is 3.24. The van der Waals surface area contributed by atoms with Gasteiger partial charge in [-0.2, -0.15) is 4.98 Å². The molecule has 7 heteroatoms. The third kappa shape index (κ3) is 4.09. The quantitative estimate of drug-likeness (QED) is 0.508. The van der Waals surface area contributed by atoms with E-state index in [-0.39, 0.29) is 23.9 Å². The number of aromatic nitrogens is 3. The van der Waals surface area contributed by atoms with Crippen LogP contribution in [0, 0.1) is 27.7 Å². The number of para-hydroxylation sites is 1. The zero-order chi connectivity index (χ0) is 22.8. The van der Waals surface area contributed by atoms with Gasteiger partial charge >= 0.3 is 0 Å². The van der Waals surface area contributed by atoms with Crippen molar-refractivity contribution in [3.8, 4) is 22.8 Å². The van der Waals surface area contributed by atoms with E-state index in [0.717, 1.165) is 22.4 Å². The first-order valence-electron chi connectivity index (χ1n) is 10.3. The number of anilines is 1. The van der Waals surface area contributed by atoms with Gasteiger partial charge < -0.3 is 14.4 Å². The zero-order valence-corrected chi connectivity index (χ0v) is 18.5. The molecule has 162 valence electrons. The summed E-state index contributed by atoms with van der Waals surface area (Å²) in [6, 6.07) is 17.0. The largest absolute Gasteiger partial charge is 0.333 e. The molecule has 0 aliphatic rings. The molecule has 7 nitrogen and oxygen atoms in total. The summed E-state index contributed by atoms with van der Waals surface area (Å²) >= 11 is 0. The van der Waals surface area contributed by atoms with Crippen molar-refractivity contribution in [3.63, 3.8) is 0 Å². The summed E-state index contributed by atoms with van der Waals surface area (Å²) in [5.74, 6) is 0.257. The summed E-state index contributed by atoms with van der Waals surface area (Å²) in [4.78, 5) is 30.5. The van der Waals surface area contributed by atoms with Gasteiger partial charge in [-0.15, -0.1) is 0 Å². The number of nitrogens with one attached hydrogen (secondary N) is 1. The first-order valence-corrected chi connectivity index (χ1v) is 10.3. The molecule has 2 aromatic carbocycles. The molecular formula is C25H24N4O3. The van der Waals surface area contributed by atoms with Crippen LogP contribution < -0.4 is 10.9 Å². The minimum Gasteiger partial charge on any atom is -0.333 e. The zero-order valence-electron chi connectivity index (χ0n) is 18.5. The van der Waals surface area contributed by atoms with E-state index in [2.05, 4.69) is 15.5 Å². The van der Waals surface area contributed by atoms with E-state index in [1.165, 1.54) is 4.57 Å². The lowest BCUT2D eigenvalue weighted by atomic mass is 10.1. The minimum absolute atomic E-state index is 0.120. The number of nitrogens with zero attached hydrogens (tertiary/aromatic N) is 3. The molecule has 0 radical (unpaired) electrons. The topological polar surface area (TPSA) is 90.0 Å². The van der Waals surface area contributed by atoms with Gasteiger partial charge in [0.2, 0.25) is 11.7 Å². The Morgan fingerprint density at radius 2 is 1.66 bits per heavy atom. The number of benzene rings is 2. The maximum Gasteiger partial charge on any atom is 0.264 e. The molecule has 32 heavy (non-hydrogen) atoms. The SMILES string of the molecule is Cc1cccc(C)c1NC(=O)Cn1c(C)cc(C)c(-c2nc(-c3ccccc3)no2)c1=O. The Morgan fingerprint density at radius 1 is 0.969 bits per heavy atom. The predicted molar refractivity (Wildman–Crippen MR) is 123 cm³/mol. The van der Waals surface area contributed by atoms with Gasteiger partial charge in [-0.1, -0.05) is 53.7 Å². The Labute approximate surface area is 185 Å². The highest BCUT2D eigenvalue weighted by Crippen LogP contribution is 2.23. The van der Waals surface area contributed by atoms with E-state index in [0.29, 0.717) is 22.6 Å². The number of hydrogen-bond donors (Lipinski definition) is 1. The molecule has 2 heterocycles. The van der Waals surface area contributed by atoms with E-state index < -0.39 is 0 Å². The van der Waals surface area contributed by atoms with Crippen molar-refractivity contribution in [2.24, 2.45) is 0 Å². The molecule has 0 atom stereocenters. The fraction of sp³-hybridized carbons (Fsp3) is 0.200. The lowest BCUT2D eigenvalue weighted by Gasteiger charge is -2.15. The standard InChI is InChI=1S/C25H24N4O3/c1-15-9-8-10-16(2)22(15)26-20(30)14-29-18(4)13-17(3)21(25(29)31)24-27-23(28-32-24)19-11-6-5-7-12-19/h5-13H,14H2,1-4H3,(H,26,30). The molecule has 1 amide bonds. The van der Waals surface area contributed by atoms with Gasteiger partial charge in [0, 0.05) is 16.9 Å². The summed E-state index contributed by atoms with van der Waals surface area (Å²) in [6.45, 7) is 7.37. The van der Waals surface area contributed by atoms with E-state index in [1.807, 2.05) is 75.4 Å². The average molecular weight is 428 g/mol. The van der Waals surface area contributed by atoms with Gasteiger partial charge in [-0.25, -0.2) is 0 Å². The van der Waals surface area contributed by atoms with Crippen molar-refractivity contribution in [1.82, 2.24) is 14.7 Å². The van der Waals surface area contributed by atoms with Gasteiger partial charge in [-0.05, 0) is 50.5 Å². The van der Waals surface area contributed by atoms with E-state index in [4.69, 9.17) is 4.52 Å². The van der Waals surface area contributed by atoms with Gasteiger partial charge in [0.25, 0.3) is 11.4 Å². The van der Waals surface area contributed by atoms with Crippen LogP contribution >= 0.6 is 0 Å². The van der Waals surface area contributed by atoms with Crippen LogP contribution in [0.5, 0.6) is 0 Å². The highest BCUT2D eigenvalue weighted by atomic mass is 16.5. The lowest BCUT2D eigenvalue weighted by molar-refractivity contribution is -0.116. The summed E-state index contributed by atoms with van der Waals surface area (Å²) in [5, 5.41) is 6.95. The fourth-order valence-corrected chi connectivity index (χ4v) is 3.75. The van der Waals surface area contributed by atoms with E-state index in [9.17, 15) is 9.59 Å². The van der Waals surface area contributed by atoms with Gasteiger partial charge in [0.1, 0.15) is 12.1 Å². The molecule has 0 fully saturated rings.